The molecule has 0 atom stereocenters. The second-order valence-corrected chi connectivity index (χ2v) is 6.44. The van der Waals surface area contributed by atoms with Crippen molar-refractivity contribution >= 4 is 16.6 Å². The summed E-state index contributed by atoms with van der Waals surface area (Å²) in [5.41, 5.74) is 1.48. The molecule has 138 valence electrons. The topological polar surface area (TPSA) is 67.2 Å². The van der Waals surface area contributed by atoms with Crippen LogP contribution in [0.25, 0.3) is 10.8 Å². The molecule has 3 aromatic rings. The van der Waals surface area contributed by atoms with Gasteiger partial charge in [-0.1, -0.05) is 35.5 Å². The summed E-state index contributed by atoms with van der Waals surface area (Å²) in [6.45, 7) is 4.41. The van der Waals surface area contributed by atoms with Crippen molar-refractivity contribution in [2.24, 2.45) is 5.16 Å². The molecular weight excluding hydrogens is 342 g/mol. The minimum atomic E-state index is 0.421. The molecule has 0 saturated carbocycles. The zero-order chi connectivity index (χ0) is 18.6. The molecule has 1 aliphatic rings. The van der Waals surface area contributed by atoms with E-state index in [-0.39, 0.29) is 0 Å². The smallest absolute Gasteiger partial charge is 0.230 e. The van der Waals surface area contributed by atoms with Crippen molar-refractivity contribution in [3.8, 4) is 11.6 Å². The summed E-state index contributed by atoms with van der Waals surface area (Å²) in [5.74, 6) is 1.55. The molecule has 2 heterocycles. The van der Waals surface area contributed by atoms with E-state index < -0.39 is 0 Å². The maximum Gasteiger partial charge on any atom is 0.230 e. The van der Waals surface area contributed by atoms with Gasteiger partial charge in [0.25, 0.3) is 0 Å². The van der Waals surface area contributed by atoms with E-state index in [0.29, 0.717) is 49.3 Å². The standard InChI is InChI=1S/C21H21N3O3/c1-15-6-9-19(20(23-25)24-10-12-26-13-11-24)21(22-15)27-18-8-7-16-4-2-3-5-17(16)14-18/h2-9,14,25H,10-13H2,1H3/b23-20-. The summed E-state index contributed by atoms with van der Waals surface area (Å²) in [6, 6.07) is 17.8. The summed E-state index contributed by atoms with van der Waals surface area (Å²) in [6.07, 6.45) is 0. The minimum absolute atomic E-state index is 0.421. The van der Waals surface area contributed by atoms with Crippen molar-refractivity contribution in [1.29, 1.82) is 0 Å². The quantitative estimate of drug-likeness (QED) is 0.332. The summed E-state index contributed by atoms with van der Waals surface area (Å²) in [5, 5.41) is 15.4. The number of hydrogen-bond donors (Lipinski definition) is 1. The van der Waals surface area contributed by atoms with Crippen LogP contribution in [0.15, 0.2) is 59.8 Å². The Hall–Kier alpha value is -3.12. The fourth-order valence-electron chi connectivity index (χ4n) is 3.19. The monoisotopic (exact) mass is 363 g/mol. The van der Waals surface area contributed by atoms with Crippen LogP contribution in [-0.4, -0.2) is 47.2 Å². The normalized spacial score (nSPS) is 15.1. The van der Waals surface area contributed by atoms with Gasteiger partial charge >= 0.3 is 0 Å². The zero-order valence-corrected chi connectivity index (χ0v) is 15.1. The van der Waals surface area contributed by atoms with Gasteiger partial charge in [-0.15, -0.1) is 0 Å². The second-order valence-electron chi connectivity index (χ2n) is 6.44. The number of hydrogen-bond acceptors (Lipinski definition) is 5. The molecule has 1 saturated heterocycles. The van der Waals surface area contributed by atoms with Crippen LogP contribution in [0, 0.1) is 6.92 Å². The van der Waals surface area contributed by atoms with E-state index in [0.717, 1.165) is 16.5 Å². The van der Waals surface area contributed by atoms with Gasteiger partial charge in [-0.05, 0) is 42.0 Å². The number of morpholine rings is 1. The van der Waals surface area contributed by atoms with Gasteiger partial charge in [0.2, 0.25) is 5.88 Å². The number of rotatable bonds is 3. The largest absolute Gasteiger partial charge is 0.438 e. The lowest BCUT2D eigenvalue weighted by molar-refractivity contribution is 0.0667. The number of aryl methyl sites for hydroxylation is 1. The van der Waals surface area contributed by atoms with E-state index in [1.807, 2.05) is 60.4 Å². The SMILES string of the molecule is Cc1ccc(/C(=N/O)N2CCOCC2)c(Oc2ccc3ccccc3c2)n1. The van der Waals surface area contributed by atoms with Crippen LogP contribution in [0.5, 0.6) is 11.6 Å². The summed E-state index contributed by atoms with van der Waals surface area (Å²) >= 11 is 0. The molecule has 4 rings (SSSR count). The molecule has 0 amide bonds. The summed E-state index contributed by atoms with van der Waals surface area (Å²) in [7, 11) is 0. The average Bonchev–Trinajstić information content (AvgIpc) is 2.71. The first-order valence-electron chi connectivity index (χ1n) is 8.94. The molecule has 1 fully saturated rings. The number of amidine groups is 1. The molecule has 6 nitrogen and oxygen atoms in total. The van der Waals surface area contributed by atoms with Gasteiger partial charge in [0.1, 0.15) is 5.75 Å². The molecule has 1 aliphatic heterocycles. The van der Waals surface area contributed by atoms with Gasteiger partial charge in [-0.2, -0.15) is 0 Å². The Bertz CT molecular complexity index is 981. The zero-order valence-electron chi connectivity index (χ0n) is 15.1. The van der Waals surface area contributed by atoms with Crippen LogP contribution in [-0.2, 0) is 4.74 Å². The number of benzene rings is 2. The molecule has 0 aliphatic carbocycles. The molecular formula is C21H21N3O3. The Morgan fingerprint density at radius 2 is 1.85 bits per heavy atom. The fourth-order valence-corrected chi connectivity index (χ4v) is 3.19. The molecule has 2 aromatic carbocycles. The number of aromatic nitrogens is 1. The Balaban J connectivity index is 1.69. The van der Waals surface area contributed by atoms with Crippen LogP contribution in [0.2, 0.25) is 0 Å². The van der Waals surface area contributed by atoms with Gasteiger partial charge < -0.3 is 19.6 Å². The molecule has 1 N–H and O–H groups in total. The highest BCUT2D eigenvalue weighted by atomic mass is 16.5. The van der Waals surface area contributed by atoms with E-state index in [4.69, 9.17) is 9.47 Å². The first-order valence-corrected chi connectivity index (χ1v) is 8.94. The van der Waals surface area contributed by atoms with Crippen molar-refractivity contribution in [2.45, 2.75) is 6.92 Å². The number of fused-ring (bicyclic) bond motifs is 1. The van der Waals surface area contributed by atoms with E-state index in [1.165, 1.54) is 0 Å². The number of ether oxygens (including phenoxy) is 2. The molecule has 0 unspecified atom stereocenters. The fraction of sp³-hybridized carbons (Fsp3) is 0.238. The maximum absolute atomic E-state index is 9.66. The maximum atomic E-state index is 9.66. The van der Waals surface area contributed by atoms with E-state index >= 15 is 0 Å². The van der Waals surface area contributed by atoms with Crippen molar-refractivity contribution in [2.75, 3.05) is 26.3 Å². The van der Waals surface area contributed by atoms with E-state index in [9.17, 15) is 5.21 Å². The average molecular weight is 363 g/mol. The highest BCUT2D eigenvalue weighted by Crippen LogP contribution is 2.28. The molecule has 0 spiro atoms. The highest BCUT2D eigenvalue weighted by molar-refractivity contribution is 6.00. The van der Waals surface area contributed by atoms with Gasteiger partial charge in [-0.3, -0.25) is 0 Å². The van der Waals surface area contributed by atoms with Crippen molar-refractivity contribution < 1.29 is 14.7 Å². The van der Waals surface area contributed by atoms with Crippen molar-refractivity contribution in [3.05, 3.63) is 65.9 Å². The Morgan fingerprint density at radius 3 is 2.63 bits per heavy atom. The minimum Gasteiger partial charge on any atom is -0.438 e. The first-order chi connectivity index (χ1) is 13.2. The second kappa shape index (κ2) is 7.63. The van der Waals surface area contributed by atoms with Crippen LogP contribution in [0.3, 0.4) is 0 Å². The lowest BCUT2D eigenvalue weighted by Crippen LogP contribution is -2.41. The predicted molar refractivity (Wildman–Crippen MR) is 104 cm³/mol. The predicted octanol–water partition coefficient (Wildman–Crippen LogP) is 3.80. The lowest BCUT2D eigenvalue weighted by Gasteiger charge is -2.29. The lowest BCUT2D eigenvalue weighted by atomic mass is 10.1. The Labute approximate surface area is 157 Å². The summed E-state index contributed by atoms with van der Waals surface area (Å²) in [4.78, 5) is 6.52. The third-order valence-electron chi connectivity index (χ3n) is 4.58. The van der Waals surface area contributed by atoms with Crippen LogP contribution in [0.1, 0.15) is 11.3 Å². The van der Waals surface area contributed by atoms with Crippen molar-refractivity contribution in [1.82, 2.24) is 9.88 Å². The molecule has 0 bridgehead atoms. The first kappa shape index (κ1) is 17.3. The Morgan fingerprint density at radius 1 is 1.07 bits per heavy atom. The van der Waals surface area contributed by atoms with Crippen LogP contribution >= 0.6 is 0 Å². The van der Waals surface area contributed by atoms with Gasteiger partial charge in [0.05, 0.1) is 18.8 Å². The molecule has 6 heteroatoms. The number of nitrogens with zero attached hydrogens (tertiary/aromatic N) is 3. The van der Waals surface area contributed by atoms with Gasteiger partial charge in [-0.25, -0.2) is 4.98 Å². The third-order valence-corrected chi connectivity index (χ3v) is 4.58. The van der Waals surface area contributed by atoms with Gasteiger partial charge in [0, 0.05) is 18.8 Å². The third kappa shape index (κ3) is 3.71. The van der Waals surface area contributed by atoms with Crippen LogP contribution in [0.4, 0.5) is 0 Å². The molecule has 0 radical (unpaired) electrons. The molecule has 1 aromatic heterocycles. The molecule has 27 heavy (non-hydrogen) atoms. The number of pyridine rings is 1. The number of oxime groups is 1. The van der Waals surface area contributed by atoms with Gasteiger partial charge in [0.15, 0.2) is 5.84 Å². The Kier molecular flexibility index (Phi) is 4.89. The summed E-state index contributed by atoms with van der Waals surface area (Å²) < 4.78 is 11.5. The highest BCUT2D eigenvalue weighted by Gasteiger charge is 2.22. The van der Waals surface area contributed by atoms with E-state index in [1.54, 1.807) is 0 Å². The van der Waals surface area contributed by atoms with Crippen molar-refractivity contribution in [3.63, 3.8) is 0 Å². The van der Waals surface area contributed by atoms with Crippen LogP contribution < -0.4 is 4.74 Å². The van der Waals surface area contributed by atoms with E-state index in [2.05, 4.69) is 16.2 Å².